The van der Waals surface area contributed by atoms with E-state index in [4.69, 9.17) is 0 Å². The van der Waals surface area contributed by atoms with E-state index < -0.39 is 14.0 Å². The van der Waals surface area contributed by atoms with Gasteiger partial charge in [0.1, 0.15) is 13.8 Å². The van der Waals surface area contributed by atoms with Gasteiger partial charge in [0.2, 0.25) is 0 Å². The molecule has 0 fully saturated rings. The lowest BCUT2D eigenvalue weighted by molar-refractivity contribution is 0.0690. The zero-order chi connectivity index (χ0) is 14.9. The van der Waals surface area contributed by atoms with E-state index >= 15 is 0 Å². The third-order valence-electron chi connectivity index (χ3n) is 3.06. The Bertz CT molecular complexity index is 726. The number of aromatic amines is 1. The van der Waals surface area contributed by atoms with Crippen LogP contribution in [0.3, 0.4) is 0 Å². The molecule has 104 valence electrons. The van der Waals surface area contributed by atoms with Crippen molar-refractivity contribution in [1.29, 1.82) is 0 Å². The molecule has 0 spiro atoms. The molecule has 1 aromatic heterocycles. The number of H-pyrrole nitrogens is 1. The van der Waals surface area contributed by atoms with Crippen LogP contribution in [0.15, 0.2) is 18.2 Å². The summed E-state index contributed by atoms with van der Waals surface area (Å²) in [6.07, 6.45) is 0.687. The molecule has 2 aromatic rings. The van der Waals surface area contributed by atoms with Crippen molar-refractivity contribution in [3.63, 3.8) is 0 Å². The third kappa shape index (κ3) is 2.94. The number of hydrogen-bond donors (Lipinski definition) is 2. The van der Waals surface area contributed by atoms with Gasteiger partial charge in [0.25, 0.3) is 0 Å². The molecule has 2 rings (SSSR count). The fourth-order valence-corrected chi connectivity index (χ4v) is 2.65. The number of aromatic nitrogens is 1. The van der Waals surface area contributed by atoms with Gasteiger partial charge >= 0.3 is 5.97 Å². The first-order valence-corrected chi connectivity index (χ1v) is 10.2. The van der Waals surface area contributed by atoms with Gasteiger partial charge in [-0.1, -0.05) is 32.5 Å². The minimum absolute atomic E-state index is 0.290. The monoisotopic (exact) mass is 285 g/mol. The van der Waals surface area contributed by atoms with Crippen molar-refractivity contribution in [2.24, 2.45) is 0 Å². The molecule has 0 bridgehead atoms. The van der Waals surface area contributed by atoms with Gasteiger partial charge in [-0.2, -0.15) is 0 Å². The molecule has 3 nitrogen and oxygen atoms in total. The molecule has 0 aliphatic carbocycles. The van der Waals surface area contributed by atoms with Crippen molar-refractivity contribution in [3.05, 3.63) is 35.0 Å². The van der Waals surface area contributed by atoms with Crippen molar-refractivity contribution >= 4 is 24.9 Å². The number of hydrogen-bond acceptors (Lipinski definition) is 1. The summed E-state index contributed by atoms with van der Waals surface area (Å²) in [6.45, 7) is 8.58. The average molecular weight is 285 g/mol. The van der Waals surface area contributed by atoms with E-state index in [0.717, 1.165) is 22.0 Å². The van der Waals surface area contributed by atoms with Crippen molar-refractivity contribution < 1.29 is 9.90 Å². The minimum Gasteiger partial charge on any atom is -0.477 e. The zero-order valence-corrected chi connectivity index (χ0v) is 13.3. The number of rotatable bonds is 2. The van der Waals surface area contributed by atoms with Crippen LogP contribution in [0.1, 0.15) is 28.5 Å². The summed E-state index contributed by atoms with van der Waals surface area (Å²) in [7, 11) is -1.41. The van der Waals surface area contributed by atoms with Crippen LogP contribution in [0, 0.1) is 11.5 Å². The molecule has 0 atom stereocenters. The molecule has 0 amide bonds. The van der Waals surface area contributed by atoms with Crippen molar-refractivity contribution in [3.8, 4) is 11.5 Å². The molecule has 0 saturated heterocycles. The van der Waals surface area contributed by atoms with Gasteiger partial charge in [0.15, 0.2) is 0 Å². The predicted molar refractivity (Wildman–Crippen MR) is 84.9 cm³/mol. The first-order valence-electron chi connectivity index (χ1n) is 6.73. The largest absolute Gasteiger partial charge is 0.477 e. The lowest BCUT2D eigenvalue weighted by atomic mass is 10.1. The predicted octanol–water partition coefficient (Wildman–Crippen LogP) is 3.66. The Kier molecular flexibility index (Phi) is 3.73. The summed E-state index contributed by atoms with van der Waals surface area (Å²) < 4.78 is 0. The van der Waals surface area contributed by atoms with E-state index in [1.807, 2.05) is 25.1 Å². The van der Waals surface area contributed by atoms with Gasteiger partial charge in [-0.15, -0.1) is 5.54 Å². The average Bonchev–Trinajstić information content (AvgIpc) is 2.73. The third-order valence-corrected chi connectivity index (χ3v) is 3.93. The van der Waals surface area contributed by atoms with Crippen LogP contribution in [-0.4, -0.2) is 24.1 Å². The number of benzene rings is 1. The molecule has 2 N–H and O–H groups in total. The zero-order valence-electron chi connectivity index (χ0n) is 12.3. The SMILES string of the molecule is CCc1c(C(=O)O)[nH]c2ccc(C#C[Si](C)(C)C)cc12. The van der Waals surface area contributed by atoms with E-state index in [1.165, 1.54) is 0 Å². The first kappa shape index (κ1) is 14.4. The van der Waals surface area contributed by atoms with Crippen LogP contribution in [-0.2, 0) is 6.42 Å². The van der Waals surface area contributed by atoms with Crippen LogP contribution < -0.4 is 0 Å². The number of aryl methyl sites for hydroxylation is 1. The van der Waals surface area contributed by atoms with Crippen molar-refractivity contribution in [1.82, 2.24) is 4.98 Å². The molecule has 0 aliphatic heterocycles. The fraction of sp³-hybridized carbons (Fsp3) is 0.312. The summed E-state index contributed by atoms with van der Waals surface area (Å²) in [4.78, 5) is 14.2. The standard InChI is InChI=1S/C16H19NO2Si/c1-5-12-13-10-11(8-9-20(2,3)4)6-7-14(13)17-15(12)16(18)19/h6-7,10,17H,5H2,1-4H3,(H,18,19). The van der Waals surface area contributed by atoms with Gasteiger partial charge in [-0.05, 0) is 30.2 Å². The lowest BCUT2D eigenvalue weighted by Gasteiger charge is -2.03. The summed E-state index contributed by atoms with van der Waals surface area (Å²) in [5, 5.41) is 10.2. The molecule has 4 heteroatoms. The molecule has 0 aliphatic rings. The highest BCUT2D eigenvalue weighted by Gasteiger charge is 2.15. The Hall–Kier alpha value is -1.99. The second-order valence-electron chi connectivity index (χ2n) is 5.90. The van der Waals surface area contributed by atoms with Gasteiger partial charge in [0, 0.05) is 16.5 Å². The first-order chi connectivity index (χ1) is 9.31. The van der Waals surface area contributed by atoms with Crippen molar-refractivity contribution in [2.45, 2.75) is 33.0 Å². The molecular formula is C16H19NO2Si. The molecular weight excluding hydrogens is 266 g/mol. The quantitative estimate of drug-likeness (QED) is 0.653. The van der Waals surface area contributed by atoms with E-state index in [0.29, 0.717) is 6.42 Å². The normalized spacial score (nSPS) is 11.2. The molecule has 1 aromatic carbocycles. The molecule has 1 heterocycles. The highest BCUT2D eigenvalue weighted by atomic mass is 28.3. The maximum Gasteiger partial charge on any atom is 0.352 e. The van der Waals surface area contributed by atoms with E-state index in [-0.39, 0.29) is 5.69 Å². The maximum absolute atomic E-state index is 11.2. The van der Waals surface area contributed by atoms with Crippen LogP contribution in [0.5, 0.6) is 0 Å². The lowest BCUT2D eigenvalue weighted by Crippen LogP contribution is -2.16. The van der Waals surface area contributed by atoms with Crippen LogP contribution in [0.4, 0.5) is 0 Å². The highest BCUT2D eigenvalue weighted by Crippen LogP contribution is 2.24. The van der Waals surface area contributed by atoms with Gasteiger partial charge in [-0.25, -0.2) is 4.79 Å². The fourth-order valence-electron chi connectivity index (χ4n) is 2.13. The summed E-state index contributed by atoms with van der Waals surface area (Å²) in [5.74, 6) is 2.31. The summed E-state index contributed by atoms with van der Waals surface area (Å²) >= 11 is 0. The number of nitrogens with one attached hydrogen (secondary N) is 1. The van der Waals surface area contributed by atoms with Crippen molar-refractivity contribution in [2.75, 3.05) is 0 Å². The molecule has 20 heavy (non-hydrogen) atoms. The second-order valence-corrected chi connectivity index (χ2v) is 10.6. The number of aromatic carboxylic acids is 1. The van der Waals surface area contributed by atoms with Gasteiger partial charge < -0.3 is 10.1 Å². The number of carbonyl (C=O) groups is 1. The summed E-state index contributed by atoms with van der Waals surface area (Å²) in [5.41, 5.74) is 6.28. The van der Waals surface area contributed by atoms with E-state index in [9.17, 15) is 9.90 Å². The highest BCUT2D eigenvalue weighted by molar-refractivity contribution is 6.83. The second kappa shape index (κ2) is 5.18. The number of carboxylic acid groups (broad SMARTS) is 1. The number of carboxylic acids is 1. The Morgan fingerprint density at radius 2 is 2.05 bits per heavy atom. The van der Waals surface area contributed by atoms with Crippen LogP contribution in [0.2, 0.25) is 19.6 Å². The Morgan fingerprint density at radius 3 is 2.60 bits per heavy atom. The topological polar surface area (TPSA) is 53.1 Å². The van der Waals surface area contributed by atoms with Crippen LogP contribution in [0.25, 0.3) is 10.9 Å². The van der Waals surface area contributed by atoms with E-state index in [1.54, 1.807) is 0 Å². The molecule has 0 unspecified atom stereocenters. The van der Waals surface area contributed by atoms with Gasteiger partial charge in [0.05, 0.1) is 0 Å². The Morgan fingerprint density at radius 1 is 1.35 bits per heavy atom. The molecule has 0 saturated carbocycles. The molecule has 0 radical (unpaired) electrons. The summed E-state index contributed by atoms with van der Waals surface area (Å²) in [6, 6.07) is 5.84. The maximum atomic E-state index is 11.2. The smallest absolute Gasteiger partial charge is 0.352 e. The van der Waals surface area contributed by atoms with E-state index in [2.05, 4.69) is 36.1 Å². The van der Waals surface area contributed by atoms with Gasteiger partial charge in [-0.3, -0.25) is 0 Å². The van der Waals surface area contributed by atoms with Crippen LogP contribution >= 0.6 is 0 Å². The Labute approximate surface area is 120 Å². The Balaban J connectivity index is 2.58. The number of fused-ring (bicyclic) bond motifs is 1. The minimum atomic E-state index is -1.41.